The molecular formula is C13H22N2O. The molecule has 0 heterocycles. The zero-order chi connectivity index (χ0) is 12.4. The van der Waals surface area contributed by atoms with Gasteiger partial charge in [0.05, 0.1) is 5.66 Å². The lowest BCUT2D eigenvalue weighted by Gasteiger charge is -2.39. The fraction of sp³-hybridized carbons (Fsp3) is 0.538. The van der Waals surface area contributed by atoms with Gasteiger partial charge in [0.25, 0.3) is 0 Å². The lowest BCUT2D eigenvalue weighted by Crippen LogP contribution is -2.56. The molecule has 0 spiro atoms. The van der Waals surface area contributed by atoms with E-state index in [0.717, 1.165) is 11.1 Å². The summed E-state index contributed by atoms with van der Waals surface area (Å²) >= 11 is 0. The van der Waals surface area contributed by atoms with Crippen molar-refractivity contribution in [3.05, 3.63) is 35.4 Å². The summed E-state index contributed by atoms with van der Waals surface area (Å²) in [5.41, 5.74) is 13.3. The van der Waals surface area contributed by atoms with Crippen molar-refractivity contribution < 1.29 is 5.11 Å². The van der Waals surface area contributed by atoms with Gasteiger partial charge in [0.1, 0.15) is 0 Å². The molecule has 0 fully saturated rings. The van der Waals surface area contributed by atoms with E-state index in [4.69, 9.17) is 16.6 Å². The van der Waals surface area contributed by atoms with E-state index >= 15 is 0 Å². The number of hydrogen-bond donors (Lipinski definition) is 3. The van der Waals surface area contributed by atoms with E-state index < -0.39 is 5.66 Å². The van der Waals surface area contributed by atoms with Crippen LogP contribution in [0.5, 0.6) is 0 Å². The zero-order valence-electron chi connectivity index (χ0n) is 10.3. The first kappa shape index (κ1) is 13.2. The number of hydrogen-bond acceptors (Lipinski definition) is 3. The van der Waals surface area contributed by atoms with E-state index in [1.54, 1.807) is 0 Å². The Balaban J connectivity index is 3.21. The Morgan fingerprint density at radius 1 is 1.12 bits per heavy atom. The highest BCUT2D eigenvalue weighted by molar-refractivity contribution is 5.34. The third-order valence-corrected chi connectivity index (χ3v) is 3.09. The molecule has 0 amide bonds. The van der Waals surface area contributed by atoms with Crippen LogP contribution in [0.1, 0.15) is 31.9 Å². The van der Waals surface area contributed by atoms with E-state index in [9.17, 15) is 0 Å². The third kappa shape index (κ3) is 2.43. The highest BCUT2D eigenvalue weighted by Gasteiger charge is 2.37. The predicted octanol–water partition coefficient (Wildman–Crippen LogP) is 1.34. The molecule has 1 rings (SSSR count). The summed E-state index contributed by atoms with van der Waals surface area (Å²) < 4.78 is 0. The number of aliphatic hydroxyl groups is 1. The van der Waals surface area contributed by atoms with Gasteiger partial charge in [-0.05, 0) is 23.0 Å². The summed E-state index contributed by atoms with van der Waals surface area (Å²) in [6.07, 6.45) is 0.586. The van der Waals surface area contributed by atoms with Crippen LogP contribution in [0.15, 0.2) is 24.3 Å². The molecule has 0 aliphatic carbocycles. The van der Waals surface area contributed by atoms with Crippen LogP contribution in [0.25, 0.3) is 0 Å². The smallest absolute Gasteiger partial charge is 0.0951 e. The first-order valence-corrected chi connectivity index (χ1v) is 5.57. The maximum absolute atomic E-state index is 9.03. The summed E-state index contributed by atoms with van der Waals surface area (Å²) in [5.74, 6) is 0. The fourth-order valence-electron chi connectivity index (χ4n) is 1.67. The Bertz CT molecular complexity index is 353. The second-order valence-electron chi connectivity index (χ2n) is 5.25. The predicted molar refractivity (Wildman–Crippen MR) is 66.7 cm³/mol. The largest absolute Gasteiger partial charge is 0.396 e. The monoisotopic (exact) mass is 222 g/mol. The van der Waals surface area contributed by atoms with Crippen LogP contribution < -0.4 is 11.5 Å². The summed E-state index contributed by atoms with van der Waals surface area (Å²) in [4.78, 5) is 0. The lowest BCUT2D eigenvalue weighted by atomic mass is 9.75. The van der Waals surface area contributed by atoms with Gasteiger partial charge < -0.3 is 16.6 Å². The number of aliphatic hydroxyl groups excluding tert-OH is 1. The fourth-order valence-corrected chi connectivity index (χ4v) is 1.67. The van der Waals surface area contributed by atoms with Crippen LogP contribution in [0, 0.1) is 5.41 Å². The maximum Gasteiger partial charge on any atom is 0.0951 e. The van der Waals surface area contributed by atoms with Crippen LogP contribution in [0.4, 0.5) is 0 Å². The van der Waals surface area contributed by atoms with Gasteiger partial charge in [0.2, 0.25) is 0 Å². The summed E-state index contributed by atoms with van der Waals surface area (Å²) in [6.45, 7) is 6.16. The summed E-state index contributed by atoms with van der Waals surface area (Å²) in [7, 11) is 0. The molecule has 0 aliphatic rings. The molecule has 0 radical (unpaired) electrons. The van der Waals surface area contributed by atoms with Crippen LogP contribution in [0.3, 0.4) is 0 Å². The van der Waals surface area contributed by atoms with Crippen LogP contribution >= 0.6 is 0 Å². The van der Waals surface area contributed by atoms with Crippen molar-refractivity contribution in [2.24, 2.45) is 16.9 Å². The molecule has 5 N–H and O–H groups in total. The molecule has 0 saturated heterocycles. The highest BCUT2D eigenvalue weighted by Crippen LogP contribution is 2.34. The van der Waals surface area contributed by atoms with Gasteiger partial charge in [-0.2, -0.15) is 0 Å². The van der Waals surface area contributed by atoms with E-state index in [-0.39, 0.29) is 12.0 Å². The lowest BCUT2D eigenvalue weighted by molar-refractivity contribution is 0.193. The Morgan fingerprint density at radius 3 is 2.19 bits per heavy atom. The van der Waals surface area contributed by atoms with Crippen molar-refractivity contribution in [1.82, 2.24) is 0 Å². The molecule has 1 aromatic carbocycles. The Labute approximate surface area is 97.5 Å². The minimum atomic E-state index is -0.890. The molecule has 3 nitrogen and oxygen atoms in total. The second-order valence-corrected chi connectivity index (χ2v) is 5.25. The van der Waals surface area contributed by atoms with Gasteiger partial charge in [0.15, 0.2) is 0 Å². The molecule has 1 aromatic rings. The second kappa shape index (κ2) is 4.53. The Morgan fingerprint density at radius 2 is 1.69 bits per heavy atom. The van der Waals surface area contributed by atoms with E-state index in [0.29, 0.717) is 6.42 Å². The standard InChI is InChI=1S/C13H22N2O/c1-12(2,3)13(14,15)11-7-5-4-6-10(11)8-9-16/h4-7,16H,8-9,14-15H2,1-3H3. The summed E-state index contributed by atoms with van der Waals surface area (Å²) in [6, 6.07) is 7.77. The van der Waals surface area contributed by atoms with Crippen molar-refractivity contribution in [2.75, 3.05) is 6.61 Å². The summed E-state index contributed by atoms with van der Waals surface area (Å²) in [5, 5.41) is 9.03. The van der Waals surface area contributed by atoms with Crippen molar-refractivity contribution in [3.8, 4) is 0 Å². The van der Waals surface area contributed by atoms with Gasteiger partial charge in [0, 0.05) is 6.61 Å². The molecule has 0 atom stereocenters. The van der Waals surface area contributed by atoms with Crippen molar-refractivity contribution in [1.29, 1.82) is 0 Å². The molecule has 0 aromatic heterocycles. The molecule has 0 saturated carbocycles. The van der Waals surface area contributed by atoms with Crippen LogP contribution in [0.2, 0.25) is 0 Å². The highest BCUT2D eigenvalue weighted by atomic mass is 16.2. The molecule has 0 unspecified atom stereocenters. The van der Waals surface area contributed by atoms with Gasteiger partial charge in [-0.15, -0.1) is 0 Å². The normalized spacial score (nSPS) is 12.9. The quantitative estimate of drug-likeness (QED) is 0.676. The molecule has 3 heteroatoms. The number of rotatable bonds is 3. The van der Waals surface area contributed by atoms with Crippen LogP contribution in [-0.2, 0) is 12.1 Å². The van der Waals surface area contributed by atoms with Gasteiger partial charge >= 0.3 is 0 Å². The van der Waals surface area contributed by atoms with Crippen molar-refractivity contribution in [3.63, 3.8) is 0 Å². The number of benzene rings is 1. The van der Waals surface area contributed by atoms with E-state index in [2.05, 4.69) is 0 Å². The average Bonchev–Trinajstić information content (AvgIpc) is 2.17. The van der Waals surface area contributed by atoms with Gasteiger partial charge in [-0.3, -0.25) is 0 Å². The topological polar surface area (TPSA) is 72.3 Å². The first-order chi connectivity index (χ1) is 7.30. The van der Waals surface area contributed by atoms with Crippen molar-refractivity contribution in [2.45, 2.75) is 32.9 Å². The minimum Gasteiger partial charge on any atom is -0.396 e. The van der Waals surface area contributed by atoms with Crippen molar-refractivity contribution >= 4 is 0 Å². The molecule has 16 heavy (non-hydrogen) atoms. The Kier molecular flexibility index (Phi) is 3.73. The van der Waals surface area contributed by atoms with Gasteiger partial charge in [-0.1, -0.05) is 45.0 Å². The number of nitrogens with two attached hydrogens (primary N) is 2. The van der Waals surface area contributed by atoms with Crippen LogP contribution in [-0.4, -0.2) is 11.7 Å². The average molecular weight is 222 g/mol. The maximum atomic E-state index is 9.03. The molecule has 90 valence electrons. The van der Waals surface area contributed by atoms with E-state index in [1.165, 1.54) is 0 Å². The molecule has 0 aliphatic heterocycles. The SMILES string of the molecule is CC(C)(C)C(N)(N)c1ccccc1CCO. The molecular weight excluding hydrogens is 200 g/mol. The van der Waals surface area contributed by atoms with E-state index in [1.807, 2.05) is 45.0 Å². The Hall–Kier alpha value is -0.900. The first-order valence-electron chi connectivity index (χ1n) is 5.57. The molecule has 0 bridgehead atoms. The third-order valence-electron chi connectivity index (χ3n) is 3.09. The minimum absolute atomic E-state index is 0.108. The van der Waals surface area contributed by atoms with Gasteiger partial charge in [-0.25, -0.2) is 0 Å². The zero-order valence-corrected chi connectivity index (χ0v) is 10.3.